The first-order valence-electron chi connectivity index (χ1n) is 7.79. The van der Waals surface area contributed by atoms with E-state index in [1.165, 1.54) is 5.56 Å². The molecule has 2 heterocycles. The Bertz CT molecular complexity index is 821. The molecule has 4 nitrogen and oxygen atoms in total. The van der Waals surface area contributed by atoms with Crippen LogP contribution in [0.1, 0.15) is 36.7 Å². The molecule has 23 heavy (non-hydrogen) atoms. The summed E-state index contributed by atoms with van der Waals surface area (Å²) in [6, 6.07) is 7.97. The first-order chi connectivity index (χ1) is 11.1. The number of rotatable bonds is 5. The summed E-state index contributed by atoms with van der Waals surface area (Å²) in [4.78, 5) is 19.0. The average molecular weight is 328 g/mol. The van der Waals surface area contributed by atoms with E-state index in [0.717, 1.165) is 33.1 Å². The quantitative estimate of drug-likeness (QED) is 0.673. The molecule has 0 N–H and O–H groups in total. The van der Waals surface area contributed by atoms with Crippen molar-refractivity contribution in [3.63, 3.8) is 0 Å². The number of aromatic nitrogens is 1. The Morgan fingerprint density at radius 2 is 2.17 bits per heavy atom. The Hall–Kier alpha value is -2.14. The summed E-state index contributed by atoms with van der Waals surface area (Å²) >= 11 is 1.56. The van der Waals surface area contributed by atoms with E-state index < -0.39 is 0 Å². The second kappa shape index (κ2) is 6.54. The molecular formula is C18H20N2O2S. The Labute approximate surface area is 139 Å². The van der Waals surface area contributed by atoms with Gasteiger partial charge in [0, 0.05) is 6.42 Å². The van der Waals surface area contributed by atoms with Crippen LogP contribution in [0.15, 0.2) is 34.9 Å². The highest BCUT2D eigenvalue weighted by atomic mass is 32.1. The monoisotopic (exact) mass is 328 g/mol. The molecule has 1 amide bonds. The van der Waals surface area contributed by atoms with E-state index in [2.05, 4.69) is 26.0 Å². The van der Waals surface area contributed by atoms with E-state index in [-0.39, 0.29) is 5.91 Å². The third-order valence-electron chi connectivity index (χ3n) is 3.71. The van der Waals surface area contributed by atoms with Crippen molar-refractivity contribution in [3.05, 3.63) is 47.4 Å². The lowest BCUT2D eigenvalue weighted by atomic mass is 10.1. The van der Waals surface area contributed by atoms with Crippen LogP contribution >= 0.6 is 11.3 Å². The van der Waals surface area contributed by atoms with E-state index in [4.69, 9.17) is 9.40 Å². The van der Waals surface area contributed by atoms with Crippen molar-refractivity contribution in [2.75, 3.05) is 4.90 Å². The fourth-order valence-electron chi connectivity index (χ4n) is 2.64. The molecule has 1 aromatic carbocycles. The molecule has 0 bridgehead atoms. The largest absolute Gasteiger partial charge is 0.467 e. The average Bonchev–Trinajstić information content (AvgIpc) is 3.13. The van der Waals surface area contributed by atoms with Gasteiger partial charge in [-0.05, 0) is 49.6 Å². The van der Waals surface area contributed by atoms with Crippen molar-refractivity contribution in [3.8, 4) is 0 Å². The van der Waals surface area contributed by atoms with E-state index >= 15 is 0 Å². The maximum atomic E-state index is 12.5. The lowest BCUT2D eigenvalue weighted by Gasteiger charge is -2.18. The van der Waals surface area contributed by atoms with Crippen molar-refractivity contribution in [2.45, 2.75) is 40.2 Å². The van der Waals surface area contributed by atoms with Crippen LogP contribution in [-0.2, 0) is 11.3 Å². The molecule has 0 aliphatic heterocycles. The molecule has 0 atom stereocenters. The minimum Gasteiger partial charge on any atom is -0.467 e. The van der Waals surface area contributed by atoms with Crippen molar-refractivity contribution in [1.29, 1.82) is 0 Å². The highest BCUT2D eigenvalue weighted by Crippen LogP contribution is 2.32. The van der Waals surface area contributed by atoms with E-state index in [1.807, 2.05) is 19.1 Å². The number of benzene rings is 1. The van der Waals surface area contributed by atoms with Gasteiger partial charge in [0.05, 0.1) is 23.0 Å². The summed E-state index contributed by atoms with van der Waals surface area (Å²) < 4.78 is 6.53. The minimum atomic E-state index is 0.0809. The standard InChI is InChI=1S/C18H20N2O2S/c1-4-6-16(21)20(11-14-7-5-8-22-14)18-19-17-13(3)9-12(2)10-15(17)23-18/h5,7-10H,4,6,11H2,1-3H3. The fraction of sp³-hybridized carbons (Fsp3) is 0.333. The van der Waals surface area contributed by atoms with Crippen LogP contribution in [0.4, 0.5) is 5.13 Å². The molecule has 0 saturated heterocycles. The molecule has 0 fully saturated rings. The number of hydrogen-bond acceptors (Lipinski definition) is 4. The van der Waals surface area contributed by atoms with Gasteiger partial charge < -0.3 is 4.42 Å². The summed E-state index contributed by atoms with van der Waals surface area (Å²) in [6.07, 6.45) is 2.95. The maximum Gasteiger partial charge on any atom is 0.229 e. The van der Waals surface area contributed by atoms with Gasteiger partial charge in [0.1, 0.15) is 5.76 Å². The topological polar surface area (TPSA) is 46.3 Å². The van der Waals surface area contributed by atoms with Gasteiger partial charge in [0.25, 0.3) is 0 Å². The number of nitrogens with zero attached hydrogens (tertiary/aromatic N) is 2. The van der Waals surface area contributed by atoms with Crippen molar-refractivity contribution in [2.24, 2.45) is 0 Å². The lowest BCUT2D eigenvalue weighted by Crippen LogP contribution is -2.29. The second-order valence-corrected chi connectivity index (χ2v) is 6.74. The Kier molecular flexibility index (Phi) is 4.48. The third-order valence-corrected chi connectivity index (χ3v) is 4.73. The van der Waals surface area contributed by atoms with Crippen molar-refractivity contribution >= 4 is 32.6 Å². The van der Waals surface area contributed by atoms with Gasteiger partial charge in [0.2, 0.25) is 5.91 Å². The van der Waals surface area contributed by atoms with Gasteiger partial charge in [-0.15, -0.1) is 0 Å². The summed E-state index contributed by atoms with van der Waals surface area (Å²) in [5.74, 6) is 0.846. The summed E-state index contributed by atoms with van der Waals surface area (Å²) in [5.41, 5.74) is 3.33. The summed E-state index contributed by atoms with van der Waals surface area (Å²) in [5, 5.41) is 0.739. The zero-order valence-electron chi connectivity index (χ0n) is 13.6. The molecule has 0 unspecified atom stereocenters. The normalized spacial score (nSPS) is 11.1. The van der Waals surface area contributed by atoms with E-state index in [1.54, 1.807) is 22.5 Å². The molecule has 120 valence electrons. The van der Waals surface area contributed by atoms with Crippen LogP contribution in [0.3, 0.4) is 0 Å². The molecule has 0 spiro atoms. The molecule has 5 heteroatoms. The molecule has 0 radical (unpaired) electrons. The number of hydrogen-bond donors (Lipinski definition) is 0. The molecular weight excluding hydrogens is 308 g/mol. The van der Waals surface area contributed by atoms with Gasteiger partial charge in [-0.2, -0.15) is 0 Å². The van der Waals surface area contributed by atoms with Crippen LogP contribution in [0.25, 0.3) is 10.2 Å². The second-order valence-electron chi connectivity index (χ2n) is 5.73. The highest BCUT2D eigenvalue weighted by molar-refractivity contribution is 7.22. The van der Waals surface area contributed by atoms with Gasteiger partial charge in [0.15, 0.2) is 5.13 Å². The van der Waals surface area contributed by atoms with E-state index in [0.29, 0.717) is 13.0 Å². The van der Waals surface area contributed by atoms with Gasteiger partial charge in [-0.25, -0.2) is 4.98 Å². The molecule has 3 aromatic rings. The van der Waals surface area contributed by atoms with E-state index in [9.17, 15) is 4.79 Å². The Balaban J connectivity index is 2.01. The molecule has 0 aliphatic rings. The number of carbonyl (C=O) groups is 1. The van der Waals surface area contributed by atoms with Gasteiger partial charge >= 0.3 is 0 Å². The predicted molar refractivity (Wildman–Crippen MR) is 93.9 cm³/mol. The van der Waals surface area contributed by atoms with Crippen molar-refractivity contribution < 1.29 is 9.21 Å². The zero-order valence-corrected chi connectivity index (χ0v) is 14.4. The number of carbonyl (C=O) groups excluding carboxylic acids is 1. The molecule has 2 aromatic heterocycles. The molecule has 3 rings (SSSR count). The molecule has 0 aliphatic carbocycles. The van der Waals surface area contributed by atoms with Gasteiger partial charge in [-0.1, -0.05) is 24.3 Å². The smallest absolute Gasteiger partial charge is 0.229 e. The third kappa shape index (κ3) is 3.29. The van der Waals surface area contributed by atoms with Crippen LogP contribution < -0.4 is 4.90 Å². The number of furan rings is 1. The van der Waals surface area contributed by atoms with Crippen LogP contribution in [0, 0.1) is 13.8 Å². The maximum absolute atomic E-state index is 12.5. The number of anilines is 1. The first-order valence-corrected chi connectivity index (χ1v) is 8.60. The Morgan fingerprint density at radius 3 is 2.87 bits per heavy atom. The SMILES string of the molecule is CCCC(=O)N(Cc1ccco1)c1nc2c(C)cc(C)cc2s1. The first kappa shape index (κ1) is 15.7. The minimum absolute atomic E-state index is 0.0809. The van der Waals surface area contributed by atoms with Crippen molar-refractivity contribution in [1.82, 2.24) is 4.98 Å². The molecule has 0 saturated carbocycles. The number of fused-ring (bicyclic) bond motifs is 1. The van der Waals surface area contributed by atoms with Gasteiger partial charge in [-0.3, -0.25) is 9.69 Å². The van der Waals surface area contributed by atoms with Crippen LogP contribution in [0.5, 0.6) is 0 Å². The number of thiazole rings is 1. The Morgan fingerprint density at radius 1 is 1.35 bits per heavy atom. The number of amides is 1. The number of aryl methyl sites for hydroxylation is 2. The zero-order chi connectivity index (χ0) is 16.4. The van der Waals surface area contributed by atoms with Crippen LogP contribution in [0.2, 0.25) is 0 Å². The summed E-state index contributed by atoms with van der Waals surface area (Å²) in [7, 11) is 0. The fourth-order valence-corrected chi connectivity index (χ4v) is 3.80. The summed E-state index contributed by atoms with van der Waals surface area (Å²) in [6.45, 7) is 6.57. The highest BCUT2D eigenvalue weighted by Gasteiger charge is 2.21. The predicted octanol–water partition coefficient (Wildman–Crippen LogP) is 4.84. The van der Waals surface area contributed by atoms with Crippen LogP contribution in [-0.4, -0.2) is 10.9 Å². The lowest BCUT2D eigenvalue weighted by molar-refractivity contribution is -0.118.